The van der Waals surface area contributed by atoms with Gasteiger partial charge >= 0.3 is 5.97 Å². The maximum atomic E-state index is 13.3. The van der Waals surface area contributed by atoms with E-state index in [0.717, 1.165) is 66.2 Å². The van der Waals surface area contributed by atoms with Crippen LogP contribution >= 0.6 is 0 Å². The summed E-state index contributed by atoms with van der Waals surface area (Å²) in [5.74, 6) is -0.616. The highest BCUT2D eigenvalue weighted by Crippen LogP contribution is 2.37. The van der Waals surface area contributed by atoms with Crippen LogP contribution in [-0.4, -0.2) is 23.3 Å². The molecule has 0 amide bonds. The zero-order valence-electron chi connectivity index (χ0n) is 19.0. The normalized spacial score (nSPS) is 14.1. The van der Waals surface area contributed by atoms with Crippen LogP contribution in [0, 0.1) is 0 Å². The number of Topliss-reactive ketones (excluding diaryl/α,β-unsaturated/α-hetero) is 1. The third kappa shape index (κ3) is 3.60. The van der Waals surface area contributed by atoms with Crippen molar-refractivity contribution in [2.75, 3.05) is 6.61 Å². The number of ketones is 1. The third-order valence-electron chi connectivity index (χ3n) is 7.07. The molecule has 2 aliphatic rings. The van der Waals surface area contributed by atoms with Crippen molar-refractivity contribution in [2.45, 2.75) is 38.5 Å². The Morgan fingerprint density at radius 2 is 1.62 bits per heavy atom. The summed E-state index contributed by atoms with van der Waals surface area (Å²) in [6, 6.07) is 21.8. The second-order valence-electron chi connectivity index (χ2n) is 9.20. The summed E-state index contributed by atoms with van der Waals surface area (Å²) in [5.41, 5.74) is 8.78. The van der Waals surface area contributed by atoms with E-state index in [0.29, 0.717) is 11.1 Å². The van der Waals surface area contributed by atoms with E-state index in [1.165, 1.54) is 16.7 Å². The molecule has 0 bridgehead atoms. The van der Waals surface area contributed by atoms with Crippen LogP contribution in [-0.2, 0) is 24.0 Å². The van der Waals surface area contributed by atoms with Crippen LogP contribution in [0.25, 0.3) is 22.0 Å². The zero-order chi connectivity index (χ0) is 23.1. The Morgan fingerprint density at radius 3 is 2.56 bits per heavy atom. The van der Waals surface area contributed by atoms with Gasteiger partial charge in [-0.25, -0.2) is 4.79 Å². The number of ether oxygens (including phenoxy) is 1. The zero-order valence-corrected chi connectivity index (χ0v) is 19.0. The minimum absolute atomic E-state index is 0.184. The lowest BCUT2D eigenvalue weighted by atomic mass is 9.97. The first-order valence-corrected chi connectivity index (χ1v) is 12.0. The molecular weight excluding hydrogens is 422 g/mol. The number of esters is 1. The van der Waals surface area contributed by atoms with Crippen molar-refractivity contribution in [1.29, 1.82) is 0 Å². The van der Waals surface area contributed by atoms with Crippen LogP contribution in [0.15, 0.2) is 66.7 Å². The molecule has 4 aromatic rings. The molecule has 0 unspecified atom stereocenters. The highest BCUT2D eigenvalue weighted by atomic mass is 16.5. The van der Waals surface area contributed by atoms with Crippen molar-refractivity contribution in [3.8, 4) is 11.1 Å². The molecule has 0 N–H and O–H groups in total. The minimum atomic E-state index is -0.432. The van der Waals surface area contributed by atoms with Crippen molar-refractivity contribution in [3.63, 3.8) is 0 Å². The Morgan fingerprint density at radius 1 is 0.824 bits per heavy atom. The number of pyridine rings is 1. The van der Waals surface area contributed by atoms with E-state index in [4.69, 9.17) is 9.72 Å². The van der Waals surface area contributed by atoms with Gasteiger partial charge in [0.1, 0.15) is 0 Å². The van der Waals surface area contributed by atoms with Crippen LogP contribution < -0.4 is 0 Å². The average Bonchev–Trinajstić information content (AvgIpc) is 3.08. The number of aryl methyl sites for hydroxylation is 1. The van der Waals surface area contributed by atoms with Crippen LogP contribution in [0.1, 0.15) is 62.4 Å². The molecule has 34 heavy (non-hydrogen) atoms. The van der Waals surface area contributed by atoms with Crippen molar-refractivity contribution < 1.29 is 14.3 Å². The lowest BCUT2D eigenvalue weighted by molar-refractivity contribution is 0.0475. The topological polar surface area (TPSA) is 56.3 Å². The Labute approximate surface area is 198 Å². The SMILES string of the molecule is O=C(COC(=O)c1c2c(nc3ccccc13)CCCCC2)c1ccc2c(c1)Cc1ccccc1-2. The monoisotopic (exact) mass is 447 g/mol. The van der Waals surface area contributed by atoms with Crippen LogP contribution in [0.5, 0.6) is 0 Å². The highest BCUT2D eigenvalue weighted by molar-refractivity contribution is 6.06. The minimum Gasteiger partial charge on any atom is -0.454 e. The molecule has 1 aromatic heterocycles. The number of aromatic nitrogens is 1. The molecule has 0 radical (unpaired) electrons. The molecule has 4 nitrogen and oxygen atoms in total. The Hall–Kier alpha value is -3.79. The molecule has 4 heteroatoms. The summed E-state index contributed by atoms with van der Waals surface area (Å²) < 4.78 is 5.62. The summed E-state index contributed by atoms with van der Waals surface area (Å²) in [4.78, 5) is 31.1. The van der Waals surface area contributed by atoms with E-state index in [-0.39, 0.29) is 12.4 Å². The van der Waals surface area contributed by atoms with Gasteiger partial charge in [-0.2, -0.15) is 0 Å². The van der Waals surface area contributed by atoms with Crippen LogP contribution in [0.4, 0.5) is 0 Å². The predicted molar refractivity (Wildman–Crippen MR) is 132 cm³/mol. The molecule has 2 aliphatic carbocycles. The summed E-state index contributed by atoms with van der Waals surface area (Å²) in [5, 5.41) is 0.802. The Kier molecular flexibility index (Phi) is 5.21. The number of benzene rings is 3. The Balaban J connectivity index is 1.25. The van der Waals surface area contributed by atoms with Gasteiger partial charge in [0.2, 0.25) is 0 Å². The maximum Gasteiger partial charge on any atom is 0.339 e. The number of fused-ring (bicyclic) bond motifs is 5. The number of carbonyl (C=O) groups excluding carboxylic acids is 2. The number of rotatable bonds is 4. The van der Waals surface area contributed by atoms with Gasteiger partial charge in [0, 0.05) is 16.6 Å². The van der Waals surface area contributed by atoms with Crippen molar-refractivity contribution >= 4 is 22.7 Å². The standard InChI is InChI=1S/C30H25NO3/c32-28(20-14-15-23-21(17-20)16-19-8-4-5-9-22(19)23)18-34-30(33)29-24-10-2-1-3-12-26(24)31-27-13-7-6-11-25(27)29/h4-9,11,13-15,17H,1-3,10,12,16,18H2. The van der Waals surface area contributed by atoms with E-state index >= 15 is 0 Å². The molecule has 3 aromatic carbocycles. The smallest absolute Gasteiger partial charge is 0.339 e. The summed E-state index contributed by atoms with van der Waals surface area (Å²) >= 11 is 0. The molecule has 0 spiro atoms. The van der Waals surface area contributed by atoms with E-state index in [1.807, 2.05) is 54.6 Å². The van der Waals surface area contributed by atoms with Gasteiger partial charge in [-0.1, -0.05) is 61.0 Å². The molecular formula is C30H25NO3. The molecule has 6 rings (SSSR count). The quantitative estimate of drug-likeness (QED) is 0.189. The second-order valence-corrected chi connectivity index (χ2v) is 9.20. The van der Waals surface area contributed by atoms with Gasteiger partial charge in [0.05, 0.1) is 11.1 Å². The number of carbonyl (C=O) groups is 2. The van der Waals surface area contributed by atoms with E-state index < -0.39 is 5.97 Å². The Bertz CT molecular complexity index is 1450. The third-order valence-corrected chi connectivity index (χ3v) is 7.07. The van der Waals surface area contributed by atoms with Crippen molar-refractivity contribution in [2.24, 2.45) is 0 Å². The second kappa shape index (κ2) is 8.53. The van der Waals surface area contributed by atoms with Crippen LogP contribution in [0.2, 0.25) is 0 Å². The molecule has 0 saturated carbocycles. The largest absolute Gasteiger partial charge is 0.454 e. The highest BCUT2D eigenvalue weighted by Gasteiger charge is 2.24. The van der Waals surface area contributed by atoms with E-state index in [9.17, 15) is 9.59 Å². The molecule has 168 valence electrons. The molecule has 1 heterocycles. The maximum absolute atomic E-state index is 13.3. The number of para-hydroxylation sites is 1. The van der Waals surface area contributed by atoms with Gasteiger partial charge in [-0.15, -0.1) is 0 Å². The molecule has 0 atom stereocenters. The van der Waals surface area contributed by atoms with Gasteiger partial charge < -0.3 is 4.74 Å². The first-order chi connectivity index (χ1) is 16.7. The number of nitrogens with zero attached hydrogens (tertiary/aromatic N) is 1. The van der Waals surface area contributed by atoms with Gasteiger partial charge in [-0.3, -0.25) is 9.78 Å². The van der Waals surface area contributed by atoms with E-state index in [1.54, 1.807) is 0 Å². The lowest BCUT2D eigenvalue weighted by Crippen LogP contribution is -2.17. The first kappa shape index (κ1) is 20.8. The van der Waals surface area contributed by atoms with E-state index in [2.05, 4.69) is 12.1 Å². The van der Waals surface area contributed by atoms with Gasteiger partial charge in [-0.05, 0) is 72.1 Å². The number of hydrogen-bond acceptors (Lipinski definition) is 4. The van der Waals surface area contributed by atoms with Gasteiger partial charge in [0.15, 0.2) is 12.4 Å². The number of hydrogen-bond donors (Lipinski definition) is 0. The summed E-state index contributed by atoms with van der Waals surface area (Å²) in [6.07, 6.45) is 5.74. The average molecular weight is 448 g/mol. The first-order valence-electron chi connectivity index (χ1n) is 12.0. The van der Waals surface area contributed by atoms with Crippen LogP contribution in [0.3, 0.4) is 0 Å². The predicted octanol–water partition coefficient (Wildman–Crippen LogP) is 6.11. The molecule has 0 fully saturated rings. The fourth-order valence-electron chi connectivity index (χ4n) is 5.39. The van der Waals surface area contributed by atoms with Gasteiger partial charge in [0.25, 0.3) is 0 Å². The lowest BCUT2D eigenvalue weighted by Gasteiger charge is -2.15. The van der Waals surface area contributed by atoms with Crippen molar-refractivity contribution in [3.05, 3.63) is 100 Å². The molecule has 0 saturated heterocycles. The molecule has 0 aliphatic heterocycles. The fourth-order valence-corrected chi connectivity index (χ4v) is 5.39. The summed E-state index contributed by atoms with van der Waals surface area (Å²) in [7, 11) is 0. The summed E-state index contributed by atoms with van der Waals surface area (Å²) in [6.45, 7) is -0.268. The van der Waals surface area contributed by atoms with Crippen molar-refractivity contribution in [1.82, 2.24) is 4.98 Å². The fraction of sp³-hybridized carbons (Fsp3) is 0.233.